The van der Waals surface area contributed by atoms with Crippen LogP contribution in [-0.4, -0.2) is 0 Å². The zero-order valence-corrected chi connectivity index (χ0v) is 14.2. The number of hydrogen-bond donors (Lipinski definition) is 0. The van der Waals surface area contributed by atoms with Gasteiger partial charge in [-0.05, 0) is 47.2 Å². The van der Waals surface area contributed by atoms with Crippen LogP contribution in [0.1, 0.15) is 33.4 Å². The molecule has 0 atom stereocenters. The fraction of sp³-hybridized carbons (Fsp3) is 0.0833. The molecule has 3 aromatic carbocycles. The Kier molecular flexibility index (Phi) is 5.08. The Labute approximate surface area is 144 Å². The van der Waals surface area contributed by atoms with E-state index in [2.05, 4.69) is 98.8 Å². The molecular weight excluding hydrogens is 288 g/mol. The predicted molar refractivity (Wildman–Crippen MR) is 107 cm³/mol. The molecule has 3 aromatic rings. The Hall–Kier alpha value is -2.86. The fourth-order valence-electron chi connectivity index (χ4n) is 2.72. The van der Waals surface area contributed by atoms with Gasteiger partial charge < -0.3 is 0 Å². The minimum absolute atomic E-state index is 1.22. The van der Waals surface area contributed by atoms with Crippen molar-refractivity contribution in [3.8, 4) is 0 Å². The number of hydrogen-bond acceptors (Lipinski definition) is 0. The van der Waals surface area contributed by atoms with Crippen LogP contribution in [0, 0.1) is 13.8 Å². The van der Waals surface area contributed by atoms with E-state index in [4.69, 9.17) is 0 Å². The third kappa shape index (κ3) is 4.11. The van der Waals surface area contributed by atoms with E-state index < -0.39 is 0 Å². The van der Waals surface area contributed by atoms with Crippen molar-refractivity contribution in [1.82, 2.24) is 0 Å². The van der Waals surface area contributed by atoms with Gasteiger partial charge in [0.05, 0.1) is 0 Å². The van der Waals surface area contributed by atoms with Crippen LogP contribution >= 0.6 is 0 Å². The van der Waals surface area contributed by atoms with E-state index >= 15 is 0 Å². The topological polar surface area (TPSA) is 0 Å². The van der Waals surface area contributed by atoms with Gasteiger partial charge in [0.15, 0.2) is 0 Å². The van der Waals surface area contributed by atoms with Gasteiger partial charge in [-0.2, -0.15) is 0 Å². The van der Waals surface area contributed by atoms with Crippen LogP contribution in [-0.2, 0) is 0 Å². The van der Waals surface area contributed by atoms with E-state index in [1.165, 1.54) is 33.4 Å². The van der Waals surface area contributed by atoms with Gasteiger partial charge in [-0.3, -0.25) is 0 Å². The second-order valence-corrected chi connectivity index (χ2v) is 6.05. The zero-order chi connectivity index (χ0) is 16.8. The second-order valence-electron chi connectivity index (χ2n) is 6.05. The zero-order valence-electron chi connectivity index (χ0n) is 14.2. The summed E-state index contributed by atoms with van der Waals surface area (Å²) in [4.78, 5) is 0. The lowest BCUT2D eigenvalue weighted by atomic mass is 9.98. The molecule has 0 amide bonds. The predicted octanol–water partition coefficient (Wildman–Crippen LogP) is 6.64. The summed E-state index contributed by atoms with van der Waals surface area (Å²) >= 11 is 0. The van der Waals surface area contributed by atoms with E-state index in [0.717, 1.165) is 0 Å². The highest BCUT2D eigenvalue weighted by Crippen LogP contribution is 2.20. The fourth-order valence-corrected chi connectivity index (χ4v) is 2.72. The van der Waals surface area contributed by atoms with Crippen molar-refractivity contribution >= 4 is 24.3 Å². The van der Waals surface area contributed by atoms with Gasteiger partial charge in [0.1, 0.15) is 0 Å². The average Bonchev–Trinajstić information content (AvgIpc) is 2.62. The summed E-state index contributed by atoms with van der Waals surface area (Å²) in [6.07, 6.45) is 8.73. The smallest absolute Gasteiger partial charge is 0.0224 e. The summed E-state index contributed by atoms with van der Waals surface area (Å²) in [6, 6.07) is 25.4. The highest BCUT2D eigenvalue weighted by molar-refractivity contribution is 5.75. The van der Waals surface area contributed by atoms with Crippen molar-refractivity contribution in [3.63, 3.8) is 0 Å². The first-order chi connectivity index (χ1) is 11.7. The quantitative estimate of drug-likeness (QED) is 0.473. The van der Waals surface area contributed by atoms with Crippen LogP contribution in [0.3, 0.4) is 0 Å². The second kappa shape index (κ2) is 7.61. The van der Waals surface area contributed by atoms with Gasteiger partial charge >= 0.3 is 0 Å². The van der Waals surface area contributed by atoms with Crippen molar-refractivity contribution in [3.05, 3.63) is 106 Å². The number of benzene rings is 3. The van der Waals surface area contributed by atoms with Gasteiger partial charge in [0.2, 0.25) is 0 Å². The molecule has 0 N–H and O–H groups in total. The largest absolute Gasteiger partial charge is 0.0622 e. The molecule has 0 aromatic heterocycles. The molecule has 0 aliphatic rings. The Bertz CT molecular complexity index is 778. The highest BCUT2D eigenvalue weighted by atomic mass is 14.1. The molecule has 0 saturated carbocycles. The molecular formula is C24H22. The lowest BCUT2D eigenvalue weighted by Crippen LogP contribution is -1.88. The number of aryl methyl sites for hydroxylation is 2. The van der Waals surface area contributed by atoms with E-state index in [9.17, 15) is 0 Å². The van der Waals surface area contributed by atoms with Crippen LogP contribution in [0.2, 0.25) is 0 Å². The maximum Gasteiger partial charge on any atom is -0.0224 e. The van der Waals surface area contributed by atoms with Crippen molar-refractivity contribution < 1.29 is 0 Å². The molecule has 3 rings (SSSR count). The Morgan fingerprint density at radius 1 is 0.500 bits per heavy atom. The molecule has 0 nitrogen and oxygen atoms in total. The third-order valence-electron chi connectivity index (χ3n) is 4.16. The summed E-state index contributed by atoms with van der Waals surface area (Å²) in [5.74, 6) is 0. The molecule has 0 bridgehead atoms. The van der Waals surface area contributed by atoms with E-state index in [1.54, 1.807) is 0 Å². The van der Waals surface area contributed by atoms with Crippen molar-refractivity contribution in [1.29, 1.82) is 0 Å². The van der Waals surface area contributed by atoms with Gasteiger partial charge in [-0.25, -0.2) is 0 Å². The van der Waals surface area contributed by atoms with Gasteiger partial charge in [0.25, 0.3) is 0 Å². The maximum absolute atomic E-state index is 2.26. The first kappa shape index (κ1) is 16.0. The first-order valence-electron chi connectivity index (χ1n) is 8.30. The highest BCUT2D eigenvalue weighted by Gasteiger charge is 2.00. The Morgan fingerprint density at radius 2 is 0.875 bits per heavy atom. The van der Waals surface area contributed by atoms with E-state index in [-0.39, 0.29) is 0 Å². The van der Waals surface area contributed by atoms with Gasteiger partial charge in [0, 0.05) is 0 Å². The first-order valence-corrected chi connectivity index (χ1v) is 8.30. The van der Waals surface area contributed by atoms with E-state index in [0.29, 0.717) is 0 Å². The summed E-state index contributed by atoms with van der Waals surface area (Å²) in [6.45, 7) is 4.34. The average molecular weight is 310 g/mol. The summed E-state index contributed by atoms with van der Waals surface area (Å²) in [7, 11) is 0. The van der Waals surface area contributed by atoms with Crippen molar-refractivity contribution in [2.75, 3.05) is 0 Å². The SMILES string of the molecule is Cc1cc(/C=C/c2ccccc2)c(C)cc1/C=C/c1ccccc1. The van der Waals surface area contributed by atoms with Crippen LogP contribution in [0.4, 0.5) is 0 Å². The van der Waals surface area contributed by atoms with Crippen molar-refractivity contribution in [2.24, 2.45) is 0 Å². The lowest BCUT2D eigenvalue weighted by molar-refractivity contribution is 1.36. The van der Waals surface area contributed by atoms with Gasteiger partial charge in [-0.15, -0.1) is 0 Å². The molecule has 0 heterocycles. The van der Waals surface area contributed by atoms with Crippen LogP contribution in [0.5, 0.6) is 0 Å². The standard InChI is InChI=1S/C24H22/c1-19-17-24(16-14-22-11-7-4-8-12-22)20(2)18-23(19)15-13-21-9-5-3-6-10-21/h3-18H,1-2H3/b15-13+,16-14+. The minimum Gasteiger partial charge on any atom is -0.0622 e. The third-order valence-corrected chi connectivity index (χ3v) is 4.16. The van der Waals surface area contributed by atoms with Crippen LogP contribution in [0.25, 0.3) is 24.3 Å². The van der Waals surface area contributed by atoms with Gasteiger partial charge in [-0.1, -0.05) is 97.1 Å². The summed E-state index contributed by atoms with van der Waals surface area (Å²) < 4.78 is 0. The molecule has 0 aliphatic carbocycles. The van der Waals surface area contributed by atoms with Crippen LogP contribution in [0.15, 0.2) is 72.8 Å². The molecule has 0 spiro atoms. The number of rotatable bonds is 4. The van der Waals surface area contributed by atoms with Crippen LogP contribution < -0.4 is 0 Å². The molecule has 0 saturated heterocycles. The Balaban J connectivity index is 1.83. The molecule has 0 unspecified atom stereocenters. The summed E-state index contributed by atoms with van der Waals surface area (Å²) in [5.41, 5.74) is 7.58. The normalized spacial score (nSPS) is 11.4. The molecule has 0 radical (unpaired) electrons. The molecule has 0 heteroatoms. The molecule has 24 heavy (non-hydrogen) atoms. The monoisotopic (exact) mass is 310 g/mol. The lowest BCUT2D eigenvalue weighted by Gasteiger charge is -2.07. The van der Waals surface area contributed by atoms with Crippen molar-refractivity contribution in [2.45, 2.75) is 13.8 Å². The summed E-state index contributed by atoms with van der Waals surface area (Å²) in [5, 5.41) is 0. The molecule has 0 aliphatic heterocycles. The minimum atomic E-state index is 1.22. The molecule has 118 valence electrons. The molecule has 0 fully saturated rings. The Morgan fingerprint density at radius 3 is 1.25 bits per heavy atom. The van der Waals surface area contributed by atoms with E-state index in [1.807, 2.05) is 12.1 Å². The maximum atomic E-state index is 2.26.